The summed E-state index contributed by atoms with van der Waals surface area (Å²) < 4.78 is 27.4. The molecule has 3 aliphatic heterocycles. The fourth-order valence-electron chi connectivity index (χ4n) is 11.8. The molecule has 9 aromatic carbocycles. The normalized spacial score (nSPS) is 13.5. The fourth-order valence-corrected chi connectivity index (χ4v) is 14.7. The zero-order valence-corrected chi connectivity index (χ0v) is 39.8. The lowest BCUT2D eigenvalue weighted by Crippen LogP contribution is -2.57. The fraction of sp³-hybridized carbons (Fsp3) is 0.0323. The number of hydrogen-bond donors (Lipinski definition) is 0. The van der Waals surface area contributed by atoms with Crippen molar-refractivity contribution in [3.05, 3.63) is 219 Å². The maximum Gasteiger partial charge on any atom is 0.269 e. The second-order valence-corrected chi connectivity index (χ2v) is 23.5. The van der Waals surface area contributed by atoms with Crippen LogP contribution in [0.2, 0.25) is 13.1 Å². The summed E-state index contributed by atoms with van der Waals surface area (Å²) in [6.45, 7) is 4.88. The number of ether oxygens (including phenoxy) is 3. The molecule has 7 nitrogen and oxygen atoms in total. The molecule has 0 N–H and O–H groups in total. The van der Waals surface area contributed by atoms with Gasteiger partial charge in [-0.1, -0.05) is 159 Å². The number of rotatable bonds is 6. The molecule has 12 aromatic rings. The van der Waals surface area contributed by atoms with Gasteiger partial charge in [0, 0.05) is 29.2 Å². The van der Waals surface area contributed by atoms with Crippen LogP contribution >= 0.6 is 0 Å². The van der Waals surface area contributed by atoms with Gasteiger partial charge in [0.15, 0.2) is 0 Å². The third-order valence-electron chi connectivity index (χ3n) is 14.9. The average Bonchev–Trinajstić information content (AvgIpc) is 3.98. The predicted octanol–water partition coefficient (Wildman–Crippen LogP) is 11.2. The first-order valence-electron chi connectivity index (χ1n) is 24.1. The lowest BCUT2D eigenvalue weighted by molar-refractivity contribution is -0.571. The minimum Gasteiger partial charge on any atom is -0.458 e. The maximum absolute atomic E-state index is 6.94. The number of fused-ring (bicyclic) bond motifs is 10. The van der Waals surface area contributed by atoms with Crippen LogP contribution in [0.1, 0.15) is 0 Å². The van der Waals surface area contributed by atoms with Crippen LogP contribution in [0.5, 0.6) is 34.5 Å². The Kier molecular flexibility index (Phi) is 8.48. The van der Waals surface area contributed by atoms with E-state index in [1.165, 1.54) is 15.9 Å². The standard InChI is InChI=1S/C62H41BN4O3Si/c1-71(2)55-33-32-43(36-50(55)66-38-65(49-28-15-31-56(71)60(49)66)59-44(39-17-5-3-6-18-39)23-14-24-45(59)40-19-7-4-8-20-40)68-42-22-13-21-41(35-42)67-51-37-54-58-61(57(51)46-25-16-34-64-62(46)67)70-53-30-12-10-27-48(53)63(58)47-26-9-11-29-52(47)69-54/h3-37H,1-2H3. The number of para-hydroxylation sites is 4. The van der Waals surface area contributed by atoms with Crippen molar-refractivity contribution in [2.45, 2.75) is 13.1 Å². The van der Waals surface area contributed by atoms with Crippen LogP contribution in [0.4, 0.5) is 0 Å². The second-order valence-electron chi connectivity index (χ2n) is 19.2. The van der Waals surface area contributed by atoms with Gasteiger partial charge in [0.1, 0.15) is 48.2 Å². The van der Waals surface area contributed by atoms with Crippen molar-refractivity contribution in [3.8, 4) is 73.8 Å². The minimum absolute atomic E-state index is 0.0354. The Labute approximate surface area is 411 Å². The smallest absolute Gasteiger partial charge is 0.269 e. The summed E-state index contributed by atoms with van der Waals surface area (Å²) in [5.74, 6) is 4.73. The number of benzene rings is 9. The first-order chi connectivity index (χ1) is 35.0. The monoisotopic (exact) mass is 928 g/mol. The molecule has 0 atom stereocenters. The first kappa shape index (κ1) is 40.0. The Morgan fingerprint density at radius 2 is 1.27 bits per heavy atom. The Morgan fingerprint density at radius 1 is 0.592 bits per heavy atom. The molecule has 0 unspecified atom stereocenters. The van der Waals surface area contributed by atoms with Crippen molar-refractivity contribution in [2.75, 3.05) is 0 Å². The van der Waals surface area contributed by atoms with Gasteiger partial charge < -0.3 is 14.2 Å². The van der Waals surface area contributed by atoms with E-state index in [0.29, 0.717) is 5.75 Å². The van der Waals surface area contributed by atoms with Gasteiger partial charge in [-0.25, -0.2) is 4.98 Å². The van der Waals surface area contributed by atoms with Crippen LogP contribution in [0, 0.1) is 6.33 Å². The molecule has 0 saturated heterocycles. The zero-order valence-electron chi connectivity index (χ0n) is 38.8. The Balaban J connectivity index is 0.869. The minimum atomic E-state index is -2.22. The van der Waals surface area contributed by atoms with E-state index in [-0.39, 0.29) is 6.71 Å². The van der Waals surface area contributed by atoms with Crippen molar-refractivity contribution >= 4 is 74.5 Å². The zero-order chi connectivity index (χ0) is 47.0. The average molecular weight is 929 g/mol. The molecule has 6 heterocycles. The first-order valence-corrected chi connectivity index (χ1v) is 27.1. The molecule has 0 amide bonds. The summed E-state index contributed by atoms with van der Waals surface area (Å²) in [7, 11) is -2.22. The lowest BCUT2D eigenvalue weighted by atomic mass is 9.35. The van der Waals surface area contributed by atoms with Gasteiger partial charge in [-0.05, 0) is 92.1 Å². The third-order valence-corrected chi connectivity index (χ3v) is 18.4. The van der Waals surface area contributed by atoms with Crippen LogP contribution in [0.3, 0.4) is 0 Å². The van der Waals surface area contributed by atoms with E-state index < -0.39 is 8.07 Å². The molecule has 0 aliphatic carbocycles. The molecular formula is C62H41BN4O3Si. The van der Waals surface area contributed by atoms with Gasteiger partial charge in [-0.15, -0.1) is 0 Å². The van der Waals surface area contributed by atoms with Crippen molar-refractivity contribution < 1.29 is 18.8 Å². The molecule has 0 saturated carbocycles. The number of hydrogen-bond acceptors (Lipinski definition) is 4. The highest BCUT2D eigenvalue weighted by Gasteiger charge is 2.42. The number of pyridine rings is 1. The summed E-state index contributed by atoms with van der Waals surface area (Å²) >= 11 is 0. The molecule has 334 valence electrons. The highest BCUT2D eigenvalue weighted by Crippen LogP contribution is 2.45. The third kappa shape index (κ3) is 5.84. The van der Waals surface area contributed by atoms with Gasteiger partial charge in [-0.2, -0.15) is 0 Å². The van der Waals surface area contributed by atoms with Gasteiger partial charge >= 0.3 is 0 Å². The van der Waals surface area contributed by atoms with Gasteiger partial charge in [0.05, 0.1) is 39.0 Å². The Hall–Kier alpha value is -8.92. The molecule has 3 aromatic heterocycles. The van der Waals surface area contributed by atoms with Crippen molar-refractivity contribution in [1.29, 1.82) is 0 Å². The molecule has 0 spiro atoms. The van der Waals surface area contributed by atoms with E-state index in [2.05, 4.69) is 215 Å². The van der Waals surface area contributed by atoms with Crippen LogP contribution in [0.15, 0.2) is 212 Å². The molecule has 9 heteroatoms. The van der Waals surface area contributed by atoms with Gasteiger partial charge in [0.25, 0.3) is 13.0 Å². The number of imidazole rings is 1. The quantitative estimate of drug-likeness (QED) is 0.0947. The summed E-state index contributed by atoms with van der Waals surface area (Å²) in [6.07, 6.45) is 5.79. The van der Waals surface area contributed by atoms with E-state index in [1.807, 2.05) is 30.5 Å². The Bertz CT molecular complexity index is 4140. The molecular weight excluding hydrogens is 888 g/mol. The second kappa shape index (κ2) is 15.0. The van der Waals surface area contributed by atoms with Crippen LogP contribution in [-0.2, 0) is 0 Å². The topological polar surface area (TPSA) is 54.3 Å². The molecule has 0 fully saturated rings. The molecule has 3 aliphatic rings. The van der Waals surface area contributed by atoms with Crippen LogP contribution in [0.25, 0.3) is 72.3 Å². The predicted molar refractivity (Wildman–Crippen MR) is 288 cm³/mol. The van der Waals surface area contributed by atoms with E-state index in [1.54, 1.807) is 0 Å². The van der Waals surface area contributed by atoms with E-state index in [0.717, 1.165) is 112 Å². The van der Waals surface area contributed by atoms with Gasteiger partial charge in [-0.3, -0.25) is 13.7 Å². The summed E-state index contributed by atoms with van der Waals surface area (Å²) in [4.78, 5) is 5.02. The van der Waals surface area contributed by atoms with Crippen molar-refractivity contribution in [3.63, 3.8) is 0 Å². The highest BCUT2D eigenvalue weighted by molar-refractivity contribution is 7.02. The van der Waals surface area contributed by atoms with Crippen molar-refractivity contribution in [1.82, 2.24) is 14.1 Å². The van der Waals surface area contributed by atoms with E-state index in [4.69, 9.17) is 19.2 Å². The molecule has 0 radical (unpaired) electrons. The van der Waals surface area contributed by atoms with E-state index >= 15 is 0 Å². The van der Waals surface area contributed by atoms with Gasteiger partial charge in [0.2, 0.25) is 0 Å². The number of aromatic nitrogens is 4. The number of nitrogens with zero attached hydrogens (tertiary/aromatic N) is 4. The SMILES string of the molecule is C[Si]1(C)c2ccc(Oc3cccc(-n4c5cc6c7c(c5c5cccnc54)Oc4ccccc4B7c4ccccc4O6)c3)cc2-n2[c-][n+](-c3c(-c4ccccc4)cccc3-c3ccccc3)c3cccc1c32. The summed E-state index contributed by atoms with van der Waals surface area (Å²) in [5.41, 5.74) is 15.0. The molecule has 0 bridgehead atoms. The van der Waals surface area contributed by atoms with E-state index in [9.17, 15) is 0 Å². The summed E-state index contributed by atoms with van der Waals surface area (Å²) in [5, 5.41) is 4.71. The lowest BCUT2D eigenvalue weighted by Gasteiger charge is -2.33. The molecule has 15 rings (SSSR count). The van der Waals surface area contributed by atoms with Crippen molar-refractivity contribution in [2.24, 2.45) is 0 Å². The Morgan fingerprint density at radius 3 is 2.03 bits per heavy atom. The largest absolute Gasteiger partial charge is 0.458 e. The molecule has 71 heavy (non-hydrogen) atoms. The van der Waals surface area contributed by atoms with Crippen LogP contribution in [-0.4, -0.2) is 28.9 Å². The highest BCUT2D eigenvalue weighted by atomic mass is 28.3. The summed E-state index contributed by atoms with van der Waals surface area (Å²) in [6, 6.07) is 72.7. The maximum atomic E-state index is 6.94. The van der Waals surface area contributed by atoms with Crippen LogP contribution < -0.4 is 45.5 Å².